The average Bonchev–Trinajstić information content (AvgIpc) is 2.75. The largest absolute Gasteiger partial charge is 0.511 e. The predicted molar refractivity (Wildman–Crippen MR) is 119 cm³/mol. The first-order valence-corrected chi connectivity index (χ1v) is 9.94. The molecule has 2 N–H and O–H groups in total. The molecule has 3 rings (SSSR count). The van der Waals surface area contributed by atoms with Crippen LogP contribution in [0, 0.1) is 17.1 Å². The molecule has 0 saturated carbocycles. The number of aliphatic hydroxyl groups is 1. The SMILES string of the molecule is CCC(C)Oc1cc(NC(=O)/C(C#N)=C(/C)O)c(F)cc1-c1ccc2ccccc2c1. The van der Waals surface area contributed by atoms with Gasteiger partial charge in [0.15, 0.2) is 5.57 Å². The number of anilines is 1. The zero-order chi connectivity index (χ0) is 22.5. The van der Waals surface area contributed by atoms with E-state index in [2.05, 4.69) is 5.32 Å². The van der Waals surface area contributed by atoms with Crippen molar-refractivity contribution >= 4 is 22.4 Å². The highest BCUT2D eigenvalue weighted by Gasteiger charge is 2.19. The molecule has 31 heavy (non-hydrogen) atoms. The number of allylic oxidation sites excluding steroid dienone is 1. The highest BCUT2D eigenvalue weighted by molar-refractivity contribution is 6.07. The van der Waals surface area contributed by atoms with Gasteiger partial charge >= 0.3 is 0 Å². The molecule has 1 atom stereocenters. The van der Waals surface area contributed by atoms with Crippen LogP contribution in [0.3, 0.4) is 0 Å². The Hall–Kier alpha value is -3.85. The highest BCUT2D eigenvalue weighted by atomic mass is 19.1. The number of ether oxygens (including phenoxy) is 1. The van der Waals surface area contributed by atoms with E-state index in [0.29, 0.717) is 11.3 Å². The Balaban J connectivity index is 2.09. The van der Waals surface area contributed by atoms with Crippen LogP contribution >= 0.6 is 0 Å². The van der Waals surface area contributed by atoms with Crippen LogP contribution in [0.25, 0.3) is 21.9 Å². The summed E-state index contributed by atoms with van der Waals surface area (Å²) in [5.74, 6) is -1.61. The topological polar surface area (TPSA) is 82.3 Å². The van der Waals surface area contributed by atoms with Crippen molar-refractivity contribution in [2.75, 3.05) is 5.32 Å². The lowest BCUT2D eigenvalue weighted by atomic mass is 9.99. The van der Waals surface area contributed by atoms with Crippen molar-refractivity contribution in [1.29, 1.82) is 5.26 Å². The molecule has 0 saturated heterocycles. The summed E-state index contributed by atoms with van der Waals surface area (Å²) in [7, 11) is 0. The second-order valence-electron chi connectivity index (χ2n) is 7.25. The molecule has 0 radical (unpaired) electrons. The van der Waals surface area contributed by atoms with E-state index in [4.69, 9.17) is 10.00 Å². The van der Waals surface area contributed by atoms with E-state index in [9.17, 15) is 14.3 Å². The molecule has 5 nitrogen and oxygen atoms in total. The van der Waals surface area contributed by atoms with E-state index in [-0.39, 0.29) is 11.8 Å². The second kappa shape index (κ2) is 9.31. The minimum Gasteiger partial charge on any atom is -0.511 e. The van der Waals surface area contributed by atoms with E-state index in [1.54, 1.807) is 6.07 Å². The van der Waals surface area contributed by atoms with Gasteiger partial charge < -0.3 is 15.2 Å². The summed E-state index contributed by atoms with van der Waals surface area (Å²) >= 11 is 0. The molecular formula is C25H23FN2O3. The maximum atomic E-state index is 14.9. The van der Waals surface area contributed by atoms with Crippen LogP contribution < -0.4 is 10.1 Å². The minimum absolute atomic E-state index is 0.137. The molecule has 0 aliphatic heterocycles. The number of hydrogen-bond acceptors (Lipinski definition) is 4. The van der Waals surface area contributed by atoms with Gasteiger partial charge in [0.2, 0.25) is 0 Å². The Morgan fingerprint density at radius 3 is 2.55 bits per heavy atom. The van der Waals surface area contributed by atoms with Crippen LogP contribution in [0.4, 0.5) is 10.1 Å². The fourth-order valence-corrected chi connectivity index (χ4v) is 3.11. The van der Waals surface area contributed by atoms with E-state index in [1.807, 2.05) is 56.3 Å². The fourth-order valence-electron chi connectivity index (χ4n) is 3.11. The number of halogens is 1. The number of amides is 1. The summed E-state index contributed by atoms with van der Waals surface area (Å²) in [5, 5.41) is 23.0. The number of hydrogen-bond donors (Lipinski definition) is 2. The van der Waals surface area contributed by atoms with Crippen molar-refractivity contribution in [3.63, 3.8) is 0 Å². The number of benzene rings is 3. The third kappa shape index (κ3) is 4.84. The molecule has 1 unspecified atom stereocenters. The molecule has 1 amide bonds. The molecule has 6 heteroatoms. The predicted octanol–water partition coefficient (Wildman–Crippen LogP) is 6.12. The fraction of sp³-hybridized carbons (Fsp3) is 0.200. The Bertz CT molecular complexity index is 1210. The van der Waals surface area contributed by atoms with Crippen molar-refractivity contribution in [2.24, 2.45) is 0 Å². The van der Waals surface area contributed by atoms with Gasteiger partial charge in [0.05, 0.1) is 11.8 Å². The monoisotopic (exact) mass is 418 g/mol. The molecular weight excluding hydrogens is 395 g/mol. The Kier molecular flexibility index (Phi) is 6.56. The van der Waals surface area contributed by atoms with Crippen molar-refractivity contribution in [2.45, 2.75) is 33.3 Å². The molecule has 3 aromatic rings. The minimum atomic E-state index is -0.894. The standard InChI is InChI=1S/C25H23FN2O3/c1-4-15(2)31-24-13-23(28-25(30)21(14-27)16(3)29)22(26)12-20(24)19-10-9-17-7-5-6-8-18(17)11-19/h5-13,15,29H,4H2,1-3H3,(H,28,30)/b21-16-. The number of aliphatic hydroxyl groups excluding tert-OH is 1. The lowest BCUT2D eigenvalue weighted by Gasteiger charge is -2.19. The van der Waals surface area contributed by atoms with Gasteiger partial charge in [0.25, 0.3) is 5.91 Å². The molecule has 0 spiro atoms. The number of nitrogens with zero attached hydrogens (tertiary/aromatic N) is 1. The van der Waals surface area contributed by atoms with Crippen LogP contribution in [-0.2, 0) is 4.79 Å². The van der Waals surface area contributed by atoms with Gasteiger partial charge in [-0.15, -0.1) is 0 Å². The maximum Gasteiger partial charge on any atom is 0.269 e. The Morgan fingerprint density at radius 1 is 1.19 bits per heavy atom. The van der Waals surface area contributed by atoms with Gasteiger partial charge in [0, 0.05) is 11.6 Å². The van der Waals surface area contributed by atoms with Gasteiger partial charge in [-0.1, -0.05) is 43.3 Å². The number of nitriles is 1. The van der Waals surface area contributed by atoms with E-state index >= 15 is 0 Å². The molecule has 0 heterocycles. The van der Waals surface area contributed by atoms with Crippen LogP contribution in [0.1, 0.15) is 27.2 Å². The molecule has 0 aliphatic rings. The van der Waals surface area contributed by atoms with Crippen molar-refractivity contribution in [3.05, 3.63) is 71.7 Å². The van der Waals surface area contributed by atoms with Crippen LogP contribution in [0.15, 0.2) is 65.9 Å². The normalized spacial score (nSPS) is 12.6. The van der Waals surface area contributed by atoms with Crippen molar-refractivity contribution < 1.29 is 19.0 Å². The smallest absolute Gasteiger partial charge is 0.269 e. The van der Waals surface area contributed by atoms with Gasteiger partial charge in [-0.2, -0.15) is 5.26 Å². The third-order valence-electron chi connectivity index (χ3n) is 4.98. The number of carbonyl (C=O) groups excluding carboxylic acids is 1. The Labute approximate surface area is 180 Å². The molecule has 3 aromatic carbocycles. The summed E-state index contributed by atoms with van der Waals surface area (Å²) in [6.45, 7) is 5.09. The van der Waals surface area contributed by atoms with Crippen molar-refractivity contribution in [1.82, 2.24) is 0 Å². The Morgan fingerprint density at radius 2 is 1.90 bits per heavy atom. The van der Waals surface area contributed by atoms with Gasteiger partial charge in [0.1, 0.15) is 23.4 Å². The summed E-state index contributed by atoms with van der Waals surface area (Å²) in [5.41, 5.74) is 0.706. The van der Waals surface area contributed by atoms with Crippen LogP contribution in [0.2, 0.25) is 0 Å². The van der Waals surface area contributed by atoms with E-state index in [1.165, 1.54) is 19.1 Å². The molecule has 158 valence electrons. The van der Waals surface area contributed by atoms with Crippen molar-refractivity contribution in [3.8, 4) is 22.9 Å². The lowest BCUT2D eigenvalue weighted by molar-refractivity contribution is -0.112. The zero-order valence-electron chi connectivity index (χ0n) is 17.6. The van der Waals surface area contributed by atoms with Crippen LogP contribution in [-0.4, -0.2) is 17.1 Å². The van der Waals surface area contributed by atoms with E-state index < -0.39 is 23.1 Å². The molecule has 0 fully saturated rings. The second-order valence-corrected chi connectivity index (χ2v) is 7.25. The summed E-state index contributed by atoms with van der Waals surface area (Å²) in [6, 6.07) is 18.0. The number of rotatable bonds is 6. The van der Waals surface area contributed by atoms with E-state index in [0.717, 1.165) is 22.8 Å². The molecule has 0 aliphatic carbocycles. The number of fused-ring (bicyclic) bond motifs is 1. The highest BCUT2D eigenvalue weighted by Crippen LogP contribution is 2.37. The molecule has 0 bridgehead atoms. The van der Waals surface area contributed by atoms with Gasteiger partial charge in [-0.25, -0.2) is 4.39 Å². The lowest BCUT2D eigenvalue weighted by Crippen LogP contribution is -2.17. The average molecular weight is 418 g/mol. The first-order chi connectivity index (χ1) is 14.8. The first kappa shape index (κ1) is 21.8. The first-order valence-electron chi connectivity index (χ1n) is 9.94. The molecule has 0 aromatic heterocycles. The summed E-state index contributed by atoms with van der Waals surface area (Å²) in [4.78, 5) is 12.3. The van der Waals surface area contributed by atoms with Crippen LogP contribution in [0.5, 0.6) is 5.75 Å². The number of nitrogens with one attached hydrogen (secondary N) is 1. The quantitative estimate of drug-likeness (QED) is 0.287. The number of carbonyl (C=O) groups is 1. The maximum absolute atomic E-state index is 14.9. The summed E-state index contributed by atoms with van der Waals surface area (Å²) < 4.78 is 21.0. The summed E-state index contributed by atoms with van der Waals surface area (Å²) in [6.07, 6.45) is 0.601. The zero-order valence-corrected chi connectivity index (χ0v) is 17.6. The third-order valence-corrected chi connectivity index (χ3v) is 4.98. The van der Waals surface area contributed by atoms with Gasteiger partial charge in [-0.05, 0) is 48.7 Å². The van der Waals surface area contributed by atoms with Gasteiger partial charge in [-0.3, -0.25) is 4.79 Å².